The zero-order valence-electron chi connectivity index (χ0n) is 13.4. The summed E-state index contributed by atoms with van der Waals surface area (Å²) in [6.45, 7) is 0. The molecule has 2 fully saturated rings. The summed E-state index contributed by atoms with van der Waals surface area (Å²) in [6, 6.07) is 9.31. The molecule has 3 heteroatoms. The fourth-order valence-corrected chi connectivity index (χ4v) is 3.99. The van der Waals surface area contributed by atoms with Gasteiger partial charge in [-0.3, -0.25) is 4.79 Å². The monoisotopic (exact) mass is 286 g/mol. The van der Waals surface area contributed by atoms with Crippen molar-refractivity contribution in [3.63, 3.8) is 0 Å². The quantitative estimate of drug-likeness (QED) is 0.797. The number of hydrogen-bond acceptors (Lipinski definition) is 3. The minimum absolute atomic E-state index is 0.224. The molecule has 2 aliphatic rings. The molecule has 0 N–H and O–H groups in total. The highest BCUT2D eigenvalue weighted by Crippen LogP contribution is 2.37. The average molecular weight is 286 g/mol. The Morgan fingerprint density at radius 3 is 2.19 bits per heavy atom. The van der Waals surface area contributed by atoms with Crippen LogP contribution >= 0.6 is 0 Å². The Balaban J connectivity index is 1.73. The third kappa shape index (κ3) is 2.84. The van der Waals surface area contributed by atoms with E-state index in [1.807, 2.05) is 38.4 Å². The van der Waals surface area contributed by atoms with Crippen molar-refractivity contribution in [3.05, 3.63) is 29.8 Å². The van der Waals surface area contributed by atoms with Gasteiger partial charge in [0.05, 0.1) is 0 Å². The van der Waals surface area contributed by atoms with E-state index in [2.05, 4.69) is 16.8 Å². The lowest BCUT2D eigenvalue weighted by atomic mass is 9.76. The number of anilines is 1. The minimum Gasteiger partial charge on any atom is -0.378 e. The molecule has 3 nitrogen and oxygen atoms in total. The molecule has 21 heavy (non-hydrogen) atoms. The molecule has 2 atom stereocenters. The summed E-state index contributed by atoms with van der Waals surface area (Å²) >= 11 is 0. The number of rotatable bonds is 3. The number of fused-ring (bicyclic) bond motifs is 2. The van der Waals surface area contributed by atoms with E-state index in [4.69, 9.17) is 0 Å². The molecule has 0 spiro atoms. The van der Waals surface area contributed by atoms with Crippen molar-refractivity contribution in [1.82, 2.24) is 4.90 Å². The number of piperidine rings is 2. The summed E-state index contributed by atoms with van der Waals surface area (Å²) in [5, 5.41) is 0. The smallest absolute Gasteiger partial charge is 0.166 e. The summed E-state index contributed by atoms with van der Waals surface area (Å²) < 4.78 is 0. The molecule has 0 aliphatic carbocycles. The number of benzene rings is 1. The first kappa shape index (κ1) is 14.6. The highest BCUT2D eigenvalue weighted by atomic mass is 16.1. The first-order valence-corrected chi connectivity index (χ1v) is 8.10. The Labute approximate surface area is 127 Å². The lowest BCUT2D eigenvalue weighted by Crippen LogP contribution is -2.51. The van der Waals surface area contributed by atoms with Gasteiger partial charge in [0.1, 0.15) is 0 Å². The molecule has 2 bridgehead atoms. The Bertz CT molecular complexity index is 494. The van der Waals surface area contributed by atoms with Gasteiger partial charge in [-0.05, 0) is 57.0 Å². The predicted molar refractivity (Wildman–Crippen MR) is 87.0 cm³/mol. The van der Waals surface area contributed by atoms with Crippen molar-refractivity contribution in [3.8, 4) is 0 Å². The van der Waals surface area contributed by atoms with Gasteiger partial charge in [-0.1, -0.05) is 6.42 Å². The molecule has 2 heterocycles. The van der Waals surface area contributed by atoms with Gasteiger partial charge in [0.15, 0.2) is 5.78 Å². The van der Waals surface area contributed by atoms with E-state index in [1.54, 1.807) is 0 Å². The summed E-state index contributed by atoms with van der Waals surface area (Å²) in [5.41, 5.74) is 2.03. The lowest BCUT2D eigenvalue weighted by molar-refractivity contribution is 0.0338. The van der Waals surface area contributed by atoms with Crippen molar-refractivity contribution in [2.24, 2.45) is 5.92 Å². The molecule has 0 radical (unpaired) electrons. The lowest BCUT2D eigenvalue weighted by Gasteiger charge is -2.46. The van der Waals surface area contributed by atoms with Crippen LogP contribution in [0.2, 0.25) is 0 Å². The van der Waals surface area contributed by atoms with Crippen LogP contribution in [0.4, 0.5) is 5.69 Å². The highest BCUT2D eigenvalue weighted by molar-refractivity contribution is 5.98. The van der Waals surface area contributed by atoms with E-state index in [9.17, 15) is 4.79 Å². The normalized spacial score (nSPS) is 29.2. The molecule has 2 saturated heterocycles. The van der Waals surface area contributed by atoms with Crippen LogP contribution in [0.15, 0.2) is 24.3 Å². The summed E-state index contributed by atoms with van der Waals surface area (Å²) in [4.78, 5) is 17.4. The average Bonchev–Trinajstić information content (AvgIpc) is 2.46. The summed E-state index contributed by atoms with van der Waals surface area (Å²) in [6.07, 6.45) is 5.94. The Hall–Kier alpha value is -1.35. The van der Waals surface area contributed by atoms with E-state index in [0.29, 0.717) is 17.9 Å². The second-order valence-corrected chi connectivity index (χ2v) is 6.88. The maximum atomic E-state index is 12.8. The van der Waals surface area contributed by atoms with E-state index >= 15 is 0 Å². The van der Waals surface area contributed by atoms with E-state index in [-0.39, 0.29) is 5.92 Å². The maximum Gasteiger partial charge on any atom is 0.166 e. The first-order valence-electron chi connectivity index (χ1n) is 8.10. The summed E-state index contributed by atoms with van der Waals surface area (Å²) in [7, 11) is 6.28. The molecule has 0 aromatic heterocycles. The van der Waals surface area contributed by atoms with Gasteiger partial charge < -0.3 is 9.80 Å². The Kier molecular flexibility index (Phi) is 4.03. The topological polar surface area (TPSA) is 23.6 Å². The largest absolute Gasteiger partial charge is 0.378 e. The van der Waals surface area contributed by atoms with E-state index < -0.39 is 0 Å². The minimum atomic E-state index is 0.224. The van der Waals surface area contributed by atoms with Gasteiger partial charge >= 0.3 is 0 Å². The molecule has 2 unspecified atom stereocenters. The van der Waals surface area contributed by atoms with Gasteiger partial charge in [0.2, 0.25) is 0 Å². The van der Waals surface area contributed by atoms with Gasteiger partial charge in [-0.2, -0.15) is 0 Å². The highest BCUT2D eigenvalue weighted by Gasteiger charge is 2.38. The molecule has 3 rings (SSSR count). The fourth-order valence-electron chi connectivity index (χ4n) is 3.99. The number of Topliss-reactive ketones (excluding diaryl/α,β-unsaturated/α-hetero) is 1. The van der Waals surface area contributed by atoms with Crippen LogP contribution in [0.3, 0.4) is 0 Å². The van der Waals surface area contributed by atoms with Crippen LogP contribution in [0.25, 0.3) is 0 Å². The Morgan fingerprint density at radius 2 is 1.67 bits per heavy atom. The number of carbonyl (C=O) groups excluding carboxylic acids is 1. The third-order valence-electron chi connectivity index (χ3n) is 5.38. The molecule has 1 aromatic carbocycles. The van der Waals surface area contributed by atoms with Gasteiger partial charge in [0.25, 0.3) is 0 Å². The number of hydrogen-bond donors (Lipinski definition) is 0. The first-order chi connectivity index (χ1) is 10.1. The fraction of sp³-hybridized carbons (Fsp3) is 0.611. The van der Waals surface area contributed by atoms with Crippen LogP contribution in [0, 0.1) is 5.92 Å². The van der Waals surface area contributed by atoms with Crippen LogP contribution in [-0.2, 0) is 0 Å². The predicted octanol–water partition coefficient (Wildman–Crippen LogP) is 3.20. The second kappa shape index (κ2) is 5.80. The maximum absolute atomic E-state index is 12.8. The SMILES string of the molecule is CN(C)c1ccc(C(=O)C2CC3CCCC(C2)N3C)cc1. The molecule has 0 amide bonds. The van der Waals surface area contributed by atoms with Crippen molar-refractivity contribution in [1.29, 1.82) is 0 Å². The zero-order valence-corrected chi connectivity index (χ0v) is 13.4. The van der Waals surface area contributed by atoms with Crippen LogP contribution in [-0.4, -0.2) is 43.9 Å². The van der Waals surface area contributed by atoms with Gasteiger partial charge in [-0.15, -0.1) is 0 Å². The van der Waals surface area contributed by atoms with Crippen molar-refractivity contribution >= 4 is 11.5 Å². The molecule has 2 aliphatic heterocycles. The van der Waals surface area contributed by atoms with Crippen molar-refractivity contribution in [2.75, 3.05) is 26.0 Å². The molecular weight excluding hydrogens is 260 g/mol. The van der Waals surface area contributed by atoms with Crippen molar-refractivity contribution < 1.29 is 4.79 Å². The molecular formula is C18H26N2O. The van der Waals surface area contributed by atoms with E-state index in [1.165, 1.54) is 19.3 Å². The van der Waals surface area contributed by atoms with Crippen LogP contribution < -0.4 is 4.90 Å². The molecule has 1 aromatic rings. The standard InChI is InChI=1S/C18H26N2O/c1-19(2)15-9-7-13(8-10-15)18(21)14-11-16-5-4-6-17(12-14)20(16)3/h7-10,14,16-17H,4-6,11-12H2,1-3H3. The number of nitrogens with zero attached hydrogens (tertiary/aromatic N) is 2. The van der Waals surface area contributed by atoms with Gasteiger partial charge in [-0.25, -0.2) is 0 Å². The Morgan fingerprint density at radius 1 is 1.10 bits per heavy atom. The number of carbonyl (C=O) groups is 1. The second-order valence-electron chi connectivity index (χ2n) is 6.88. The molecule has 0 saturated carbocycles. The van der Waals surface area contributed by atoms with E-state index in [0.717, 1.165) is 24.1 Å². The third-order valence-corrected chi connectivity index (χ3v) is 5.38. The number of ketones is 1. The van der Waals surface area contributed by atoms with Gasteiger partial charge in [0, 0.05) is 43.3 Å². The molecule has 114 valence electrons. The van der Waals surface area contributed by atoms with Crippen LogP contribution in [0.5, 0.6) is 0 Å². The zero-order chi connectivity index (χ0) is 15.0. The summed E-state index contributed by atoms with van der Waals surface area (Å²) in [5.74, 6) is 0.576. The van der Waals surface area contributed by atoms with Crippen LogP contribution in [0.1, 0.15) is 42.5 Å². The van der Waals surface area contributed by atoms with Crippen molar-refractivity contribution in [2.45, 2.75) is 44.2 Å².